The average Bonchev–Trinajstić information content (AvgIpc) is 3.21. The molecule has 0 amide bonds. The topological polar surface area (TPSA) is 77.5 Å². The van der Waals surface area contributed by atoms with E-state index in [1.807, 2.05) is 36.4 Å². The first kappa shape index (κ1) is 39.1. The van der Waals surface area contributed by atoms with Gasteiger partial charge in [0.15, 0.2) is 0 Å². The lowest BCUT2D eigenvalue weighted by Crippen LogP contribution is -2.39. The molecule has 0 N–H and O–H groups in total. The van der Waals surface area contributed by atoms with Gasteiger partial charge in [-0.15, -0.1) is 10.1 Å². The lowest BCUT2D eigenvalue weighted by atomic mass is 9.98. The van der Waals surface area contributed by atoms with Crippen molar-refractivity contribution in [2.75, 3.05) is 26.2 Å². The first-order valence-electron chi connectivity index (χ1n) is 19.7. The highest BCUT2D eigenvalue weighted by Gasteiger charge is 2.28. The monoisotopic (exact) mass is 730 g/mol. The number of nitrogens with zero attached hydrogens (tertiary/aromatic N) is 2. The number of hydrogen-bond donors (Lipinski definition) is 0. The van der Waals surface area contributed by atoms with Crippen molar-refractivity contribution in [2.24, 2.45) is 0 Å². The smallest absolute Gasteiger partial charge is 0.349 e. The lowest BCUT2D eigenvalue weighted by molar-refractivity contribution is -0.198. The van der Waals surface area contributed by atoms with Gasteiger partial charge in [-0.2, -0.15) is 0 Å². The summed E-state index contributed by atoms with van der Waals surface area (Å²) in [4.78, 5) is 36.3. The highest BCUT2D eigenvalue weighted by Crippen LogP contribution is 2.32. The quantitative estimate of drug-likeness (QED) is 0.106. The summed E-state index contributed by atoms with van der Waals surface area (Å²) in [6, 6.07) is 38.0. The summed E-state index contributed by atoms with van der Waals surface area (Å²) < 4.78 is 13.4. The molecule has 2 unspecified atom stereocenters. The van der Waals surface area contributed by atoms with Gasteiger partial charge in [0.2, 0.25) is 0 Å². The van der Waals surface area contributed by atoms with Crippen LogP contribution in [0.3, 0.4) is 0 Å². The zero-order chi connectivity index (χ0) is 37.5. The Hall–Kier alpha value is -4.60. The second-order valence-corrected chi connectivity index (χ2v) is 14.2. The van der Waals surface area contributed by atoms with Gasteiger partial charge in [-0.3, -0.25) is 0 Å². The van der Waals surface area contributed by atoms with E-state index in [2.05, 4.69) is 86.6 Å². The number of hydroxylamine groups is 4. The SMILES string of the molecule is CCCc1ccc(C(OC2CCN(OC(=O)/C=C/C(=O)ON3CCC(OC(c4ccccc4)c4ccc(CCC)cc4)CC3)CC2)c2ccccc2)cc1. The molecule has 0 aromatic heterocycles. The number of carbonyl (C=O) groups is 2. The third-order valence-corrected chi connectivity index (χ3v) is 10.1. The minimum atomic E-state index is -0.609. The van der Waals surface area contributed by atoms with Crippen molar-refractivity contribution in [1.29, 1.82) is 0 Å². The molecule has 0 bridgehead atoms. The van der Waals surface area contributed by atoms with Gasteiger partial charge in [0.05, 0.1) is 12.2 Å². The zero-order valence-electron chi connectivity index (χ0n) is 31.7. The Morgan fingerprint density at radius 2 is 0.870 bits per heavy atom. The van der Waals surface area contributed by atoms with Gasteiger partial charge >= 0.3 is 11.9 Å². The van der Waals surface area contributed by atoms with Gasteiger partial charge in [0.1, 0.15) is 12.2 Å². The lowest BCUT2D eigenvalue weighted by Gasteiger charge is -2.33. The molecule has 2 heterocycles. The Bertz CT molecular complexity index is 1620. The number of benzene rings is 4. The molecule has 284 valence electrons. The first-order chi connectivity index (χ1) is 26.5. The molecular weight excluding hydrogens is 677 g/mol. The Morgan fingerprint density at radius 3 is 1.20 bits per heavy atom. The molecule has 2 atom stereocenters. The number of aryl methyl sites for hydroxylation is 2. The molecule has 8 heteroatoms. The zero-order valence-corrected chi connectivity index (χ0v) is 31.7. The molecule has 54 heavy (non-hydrogen) atoms. The van der Waals surface area contributed by atoms with Crippen LogP contribution in [0.25, 0.3) is 0 Å². The van der Waals surface area contributed by atoms with E-state index in [1.165, 1.54) is 11.1 Å². The molecule has 8 nitrogen and oxygen atoms in total. The van der Waals surface area contributed by atoms with Crippen LogP contribution < -0.4 is 0 Å². The number of ether oxygens (including phenoxy) is 2. The summed E-state index contributed by atoms with van der Waals surface area (Å²) in [5.74, 6) is -1.22. The third-order valence-electron chi connectivity index (χ3n) is 10.1. The second kappa shape index (κ2) is 20.2. The Morgan fingerprint density at radius 1 is 0.537 bits per heavy atom. The number of hydrogen-bond acceptors (Lipinski definition) is 8. The van der Waals surface area contributed by atoms with Crippen LogP contribution in [0.1, 0.15) is 98.0 Å². The standard InChI is InChI=1S/C46H54N2O6/c1-3-11-35-17-21-39(22-18-35)45(37-13-7-5-8-14-37)51-41-27-31-47(32-28-41)53-43(49)25-26-44(50)54-48-33-29-42(30-34-48)52-46(38-15-9-6-10-16-38)40-23-19-36(12-4-2)20-24-40/h5-10,13-26,41-42,45-46H,3-4,11-12,27-34H2,1-2H3/b26-25+. The summed E-state index contributed by atoms with van der Waals surface area (Å²) in [7, 11) is 0. The van der Waals surface area contributed by atoms with Crippen LogP contribution in [0.4, 0.5) is 0 Å². The van der Waals surface area contributed by atoms with Crippen molar-refractivity contribution < 1.29 is 28.7 Å². The fourth-order valence-corrected chi connectivity index (χ4v) is 7.21. The van der Waals surface area contributed by atoms with Gasteiger partial charge < -0.3 is 19.1 Å². The molecular formula is C46H54N2O6. The minimum absolute atomic E-state index is 0.0156. The maximum Gasteiger partial charge on any atom is 0.349 e. The van der Waals surface area contributed by atoms with Gasteiger partial charge in [-0.05, 0) is 71.9 Å². The fraction of sp³-hybridized carbons (Fsp3) is 0.391. The summed E-state index contributed by atoms with van der Waals surface area (Å²) >= 11 is 0. The predicted octanol–water partition coefficient (Wildman–Crippen LogP) is 8.91. The molecule has 2 saturated heterocycles. The Balaban J connectivity index is 0.928. The summed E-state index contributed by atoms with van der Waals surface area (Å²) in [5.41, 5.74) is 7.15. The molecule has 0 spiro atoms. The van der Waals surface area contributed by atoms with Crippen LogP contribution in [0.15, 0.2) is 121 Å². The molecule has 6 rings (SSSR count). The van der Waals surface area contributed by atoms with E-state index >= 15 is 0 Å². The van der Waals surface area contributed by atoms with E-state index in [4.69, 9.17) is 19.1 Å². The number of piperidine rings is 2. The fourth-order valence-electron chi connectivity index (χ4n) is 7.21. The van der Waals surface area contributed by atoms with Crippen LogP contribution in [0, 0.1) is 0 Å². The van der Waals surface area contributed by atoms with Crippen molar-refractivity contribution >= 4 is 11.9 Å². The highest BCUT2D eigenvalue weighted by molar-refractivity contribution is 5.91. The molecule has 0 aliphatic carbocycles. The second-order valence-electron chi connectivity index (χ2n) is 14.2. The molecule has 0 radical (unpaired) electrons. The van der Waals surface area contributed by atoms with Gasteiger partial charge in [0, 0.05) is 38.3 Å². The average molecular weight is 731 g/mol. The van der Waals surface area contributed by atoms with Crippen LogP contribution in [0.5, 0.6) is 0 Å². The van der Waals surface area contributed by atoms with E-state index in [9.17, 15) is 9.59 Å². The third kappa shape index (κ3) is 11.5. The van der Waals surface area contributed by atoms with E-state index in [-0.39, 0.29) is 24.4 Å². The van der Waals surface area contributed by atoms with E-state index in [0.29, 0.717) is 51.9 Å². The highest BCUT2D eigenvalue weighted by atomic mass is 16.7. The van der Waals surface area contributed by atoms with E-state index in [0.717, 1.165) is 60.1 Å². The number of rotatable bonds is 16. The van der Waals surface area contributed by atoms with Crippen LogP contribution in [-0.4, -0.2) is 60.5 Å². The van der Waals surface area contributed by atoms with Crippen LogP contribution >= 0.6 is 0 Å². The molecule has 2 aliphatic rings. The molecule has 4 aromatic rings. The minimum Gasteiger partial charge on any atom is -0.365 e. The maximum absolute atomic E-state index is 12.6. The largest absolute Gasteiger partial charge is 0.365 e. The molecule has 0 saturated carbocycles. The molecule has 2 fully saturated rings. The van der Waals surface area contributed by atoms with Crippen molar-refractivity contribution in [1.82, 2.24) is 10.1 Å². The summed E-state index contributed by atoms with van der Waals surface area (Å²) in [6.45, 7) is 6.54. The Labute approximate surface area is 320 Å². The van der Waals surface area contributed by atoms with Crippen molar-refractivity contribution in [3.8, 4) is 0 Å². The number of carbonyl (C=O) groups excluding carboxylic acids is 2. The normalized spacial score (nSPS) is 17.3. The van der Waals surface area contributed by atoms with Crippen molar-refractivity contribution in [2.45, 2.75) is 89.6 Å². The van der Waals surface area contributed by atoms with Crippen molar-refractivity contribution in [3.05, 3.63) is 155 Å². The van der Waals surface area contributed by atoms with Gasteiger partial charge in [-0.1, -0.05) is 136 Å². The van der Waals surface area contributed by atoms with Crippen LogP contribution in [-0.2, 0) is 41.6 Å². The predicted molar refractivity (Wildman–Crippen MR) is 210 cm³/mol. The maximum atomic E-state index is 12.6. The molecule has 4 aromatic carbocycles. The van der Waals surface area contributed by atoms with Crippen LogP contribution in [0.2, 0.25) is 0 Å². The van der Waals surface area contributed by atoms with Crippen molar-refractivity contribution in [3.63, 3.8) is 0 Å². The summed E-state index contributed by atoms with van der Waals surface area (Å²) in [5, 5.41) is 3.28. The molecule has 2 aliphatic heterocycles. The van der Waals surface area contributed by atoms with E-state index in [1.54, 1.807) is 10.1 Å². The summed E-state index contributed by atoms with van der Waals surface area (Å²) in [6.07, 6.45) is 9.16. The van der Waals surface area contributed by atoms with Gasteiger partial charge in [0.25, 0.3) is 0 Å². The van der Waals surface area contributed by atoms with E-state index < -0.39 is 11.9 Å². The first-order valence-corrected chi connectivity index (χ1v) is 19.7. The Kier molecular flexibility index (Phi) is 14.6. The van der Waals surface area contributed by atoms with Gasteiger partial charge in [-0.25, -0.2) is 9.59 Å².